The van der Waals surface area contributed by atoms with Crippen LogP contribution >= 0.6 is 0 Å². The van der Waals surface area contributed by atoms with Crippen molar-refractivity contribution in [3.63, 3.8) is 0 Å². The second kappa shape index (κ2) is 8.72. The molecule has 2 amide bonds. The Morgan fingerprint density at radius 1 is 1.04 bits per heavy atom. The molecule has 0 aromatic heterocycles. The van der Waals surface area contributed by atoms with E-state index in [0.717, 1.165) is 11.1 Å². The number of carbonyl (C=O) groups excluding carboxylic acids is 2. The van der Waals surface area contributed by atoms with Crippen LogP contribution in [0.3, 0.4) is 0 Å². The molecule has 0 bridgehead atoms. The molecule has 24 heavy (non-hydrogen) atoms. The van der Waals surface area contributed by atoms with Crippen molar-refractivity contribution in [3.05, 3.63) is 65.2 Å². The molecule has 5 heteroatoms. The van der Waals surface area contributed by atoms with Crippen molar-refractivity contribution in [1.82, 2.24) is 10.6 Å². The van der Waals surface area contributed by atoms with Crippen molar-refractivity contribution in [1.29, 1.82) is 0 Å². The van der Waals surface area contributed by atoms with E-state index in [4.69, 9.17) is 5.73 Å². The number of benzene rings is 2. The molecule has 0 aliphatic heterocycles. The van der Waals surface area contributed by atoms with Gasteiger partial charge in [-0.3, -0.25) is 9.59 Å². The number of hydrogen-bond donors (Lipinski definition) is 3. The lowest BCUT2D eigenvalue weighted by Gasteiger charge is -2.08. The number of aryl methyl sites for hydroxylation is 1. The Kier molecular flexibility index (Phi) is 6.37. The quantitative estimate of drug-likeness (QED) is 0.683. The molecule has 0 saturated heterocycles. The van der Waals surface area contributed by atoms with Gasteiger partial charge in [-0.1, -0.05) is 30.3 Å². The smallest absolute Gasteiger partial charge is 0.251 e. The summed E-state index contributed by atoms with van der Waals surface area (Å²) >= 11 is 0. The van der Waals surface area contributed by atoms with Gasteiger partial charge in [0.2, 0.25) is 5.91 Å². The Morgan fingerprint density at radius 2 is 1.83 bits per heavy atom. The van der Waals surface area contributed by atoms with Crippen molar-refractivity contribution in [2.45, 2.75) is 26.3 Å². The Morgan fingerprint density at radius 3 is 2.58 bits per heavy atom. The second-order valence-corrected chi connectivity index (χ2v) is 5.54. The van der Waals surface area contributed by atoms with Gasteiger partial charge in [0, 0.05) is 30.8 Å². The molecule has 4 N–H and O–H groups in total. The molecule has 0 spiro atoms. The highest BCUT2D eigenvalue weighted by Gasteiger charge is 2.07. The van der Waals surface area contributed by atoms with Crippen molar-refractivity contribution < 1.29 is 9.59 Å². The van der Waals surface area contributed by atoms with Gasteiger partial charge in [0.15, 0.2) is 0 Å². The zero-order valence-electron chi connectivity index (χ0n) is 13.8. The molecule has 5 nitrogen and oxygen atoms in total. The molecular formula is C19H23N3O2. The first-order valence-electron chi connectivity index (χ1n) is 8.07. The first-order valence-corrected chi connectivity index (χ1v) is 8.07. The minimum atomic E-state index is -0.106. The van der Waals surface area contributed by atoms with Gasteiger partial charge in [-0.05, 0) is 42.7 Å². The Bertz CT molecular complexity index is 713. The third-order valence-electron chi connectivity index (χ3n) is 3.69. The Labute approximate surface area is 142 Å². The lowest BCUT2D eigenvalue weighted by molar-refractivity contribution is -0.121. The summed E-state index contributed by atoms with van der Waals surface area (Å²) in [6, 6.07) is 14.8. The van der Waals surface area contributed by atoms with Crippen LogP contribution in [-0.2, 0) is 17.8 Å². The van der Waals surface area contributed by atoms with Crippen LogP contribution in [0.4, 0.5) is 5.69 Å². The average Bonchev–Trinajstić information content (AvgIpc) is 2.60. The number of carbonyl (C=O) groups is 2. The fraction of sp³-hybridized carbons (Fsp3) is 0.263. The van der Waals surface area contributed by atoms with E-state index in [1.54, 1.807) is 12.1 Å². The van der Waals surface area contributed by atoms with Crippen LogP contribution in [0.2, 0.25) is 0 Å². The van der Waals surface area contributed by atoms with Crippen molar-refractivity contribution in [3.8, 4) is 0 Å². The molecule has 0 saturated carbocycles. The second-order valence-electron chi connectivity index (χ2n) is 5.54. The number of nitrogen functional groups attached to an aromatic ring is 1. The molecular weight excluding hydrogens is 302 g/mol. The number of rotatable bonds is 7. The van der Waals surface area contributed by atoms with E-state index in [2.05, 4.69) is 10.6 Å². The van der Waals surface area contributed by atoms with E-state index in [9.17, 15) is 9.59 Å². The number of para-hydroxylation sites is 1. The summed E-state index contributed by atoms with van der Waals surface area (Å²) in [4.78, 5) is 23.8. The fourth-order valence-corrected chi connectivity index (χ4v) is 2.38. The van der Waals surface area contributed by atoms with E-state index in [1.807, 2.05) is 43.3 Å². The summed E-state index contributed by atoms with van der Waals surface area (Å²) in [5.41, 5.74) is 9.05. The van der Waals surface area contributed by atoms with E-state index in [-0.39, 0.29) is 11.8 Å². The molecule has 0 unspecified atom stereocenters. The van der Waals surface area contributed by atoms with Gasteiger partial charge >= 0.3 is 0 Å². The van der Waals surface area contributed by atoms with Crippen LogP contribution in [0.15, 0.2) is 48.5 Å². The lowest BCUT2D eigenvalue weighted by atomic mass is 10.1. The standard InChI is InChI=1S/C19H23N3O2/c1-2-21-19(24)16-8-5-6-14(12-16)13-22-18(23)11-10-15-7-3-4-9-17(15)20/h3-9,12H,2,10-11,13,20H2,1H3,(H,21,24)(H,22,23). The highest BCUT2D eigenvalue weighted by Crippen LogP contribution is 2.12. The van der Waals surface area contributed by atoms with Crippen LogP contribution in [0, 0.1) is 0 Å². The molecule has 2 aromatic carbocycles. The van der Waals surface area contributed by atoms with Crippen LogP contribution in [0.25, 0.3) is 0 Å². The number of nitrogens with two attached hydrogens (primary N) is 1. The Hall–Kier alpha value is -2.82. The summed E-state index contributed by atoms with van der Waals surface area (Å²) in [5.74, 6) is -0.146. The van der Waals surface area contributed by atoms with E-state index < -0.39 is 0 Å². The molecule has 126 valence electrons. The minimum absolute atomic E-state index is 0.0401. The molecule has 0 radical (unpaired) electrons. The van der Waals surface area contributed by atoms with Gasteiger partial charge in [-0.2, -0.15) is 0 Å². The zero-order valence-corrected chi connectivity index (χ0v) is 13.8. The van der Waals surface area contributed by atoms with Crippen LogP contribution < -0.4 is 16.4 Å². The van der Waals surface area contributed by atoms with Crippen LogP contribution in [0.1, 0.15) is 34.8 Å². The van der Waals surface area contributed by atoms with Gasteiger partial charge in [-0.15, -0.1) is 0 Å². The SMILES string of the molecule is CCNC(=O)c1cccc(CNC(=O)CCc2ccccc2N)c1. The number of nitrogens with one attached hydrogen (secondary N) is 2. The van der Waals surface area contributed by atoms with E-state index >= 15 is 0 Å². The fourth-order valence-electron chi connectivity index (χ4n) is 2.38. The first kappa shape index (κ1) is 17.5. The van der Waals surface area contributed by atoms with Crippen molar-refractivity contribution in [2.24, 2.45) is 0 Å². The molecule has 0 aliphatic rings. The molecule has 2 rings (SSSR count). The normalized spacial score (nSPS) is 10.2. The van der Waals surface area contributed by atoms with Crippen LogP contribution in [0.5, 0.6) is 0 Å². The molecule has 0 atom stereocenters. The van der Waals surface area contributed by atoms with Crippen molar-refractivity contribution >= 4 is 17.5 Å². The monoisotopic (exact) mass is 325 g/mol. The van der Waals surface area contributed by atoms with Gasteiger partial charge < -0.3 is 16.4 Å². The molecule has 0 aliphatic carbocycles. The number of hydrogen-bond acceptors (Lipinski definition) is 3. The Balaban J connectivity index is 1.84. The highest BCUT2D eigenvalue weighted by molar-refractivity contribution is 5.94. The summed E-state index contributed by atoms with van der Waals surface area (Å²) < 4.78 is 0. The molecule has 0 fully saturated rings. The van der Waals surface area contributed by atoms with Gasteiger partial charge in [0.1, 0.15) is 0 Å². The summed E-state index contributed by atoms with van der Waals surface area (Å²) in [6.45, 7) is 2.86. The van der Waals surface area contributed by atoms with E-state index in [1.165, 1.54) is 0 Å². The average molecular weight is 325 g/mol. The maximum Gasteiger partial charge on any atom is 0.251 e. The third kappa shape index (κ3) is 5.12. The van der Waals surface area contributed by atoms with Gasteiger partial charge in [-0.25, -0.2) is 0 Å². The van der Waals surface area contributed by atoms with Gasteiger partial charge in [0.25, 0.3) is 5.91 Å². The third-order valence-corrected chi connectivity index (χ3v) is 3.69. The predicted octanol–water partition coefficient (Wildman–Crippen LogP) is 2.27. The van der Waals surface area contributed by atoms with Gasteiger partial charge in [0.05, 0.1) is 0 Å². The maximum atomic E-state index is 12.0. The minimum Gasteiger partial charge on any atom is -0.399 e. The first-order chi connectivity index (χ1) is 11.6. The lowest BCUT2D eigenvalue weighted by Crippen LogP contribution is -2.24. The summed E-state index contributed by atoms with van der Waals surface area (Å²) in [7, 11) is 0. The van der Waals surface area contributed by atoms with Crippen LogP contribution in [-0.4, -0.2) is 18.4 Å². The summed E-state index contributed by atoms with van der Waals surface area (Å²) in [6.07, 6.45) is 0.988. The maximum absolute atomic E-state index is 12.0. The largest absolute Gasteiger partial charge is 0.399 e. The predicted molar refractivity (Wildman–Crippen MR) is 95.5 cm³/mol. The number of amides is 2. The topological polar surface area (TPSA) is 84.2 Å². The molecule has 0 heterocycles. The highest BCUT2D eigenvalue weighted by atomic mass is 16.2. The van der Waals surface area contributed by atoms with E-state index in [0.29, 0.717) is 37.2 Å². The summed E-state index contributed by atoms with van der Waals surface area (Å²) in [5, 5.41) is 5.63. The zero-order chi connectivity index (χ0) is 17.4. The number of anilines is 1. The van der Waals surface area contributed by atoms with Crippen molar-refractivity contribution in [2.75, 3.05) is 12.3 Å². The molecule has 2 aromatic rings.